The molecule has 2 atom stereocenters. The molecule has 2 aromatic rings. The summed E-state index contributed by atoms with van der Waals surface area (Å²) in [4.78, 5) is 37.8. The number of aliphatic hydroxyl groups excluding tert-OH is 1. The lowest BCUT2D eigenvalue weighted by Crippen LogP contribution is -2.55. The molecule has 0 unspecified atom stereocenters. The highest BCUT2D eigenvalue weighted by molar-refractivity contribution is 5.89. The number of amides is 2. The Morgan fingerprint density at radius 1 is 0.969 bits per heavy atom. The molecule has 0 bridgehead atoms. The molecule has 170 valence electrons. The highest BCUT2D eigenvalue weighted by atomic mass is 16.5. The molecular formula is C23H27N3O6. The standard InChI is InChI=1S/C23H27N3O6/c1-26(2)11-19(21(28)24-20(12-27)22(29)30)25-23(31)32-13-18-16-9-5-3-7-14(16)15-8-4-6-10-17(15)18/h3-10,18-20,27H,11-13H2,1-2H3,(H,24,28)(H,25,31)(H,29,30)/t19-,20-/m0/s1. The Balaban J connectivity index is 1.67. The summed E-state index contributed by atoms with van der Waals surface area (Å²) in [6.07, 6.45) is -0.787. The number of carbonyl (C=O) groups is 3. The van der Waals surface area contributed by atoms with E-state index < -0.39 is 36.7 Å². The third kappa shape index (κ3) is 5.24. The van der Waals surface area contributed by atoms with Gasteiger partial charge in [-0.25, -0.2) is 9.59 Å². The zero-order valence-electron chi connectivity index (χ0n) is 17.9. The lowest BCUT2D eigenvalue weighted by Gasteiger charge is -2.23. The molecule has 0 spiro atoms. The Kier molecular flexibility index (Phi) is 7.45. The molecule has 0 saturated carbocycles. The first-order valence-electron chi connectivity index (χ1n) is 10.2. The van der Waals surface area contributed by atoms with Crippen LogP contribution in [0.4, 0.5) is 4.79 Å². The van der Waals surface area contributed by atoms with Gasteiger partial charge in [0.15, 0.2) is 0 Å². The number of hydrogen-bond acceptors (Lipinski definition) is 6. The van der Waals surface area contributed by atoms with Crippen LogP contribution < -0.4 is 10.6 Å². The first-order chi connectivity index (χ1) is 15.3. The number of carbonyl (C=O) groups excluding carboxylic acids is 2. The molecule has 3 rings (SSSR count). The van der Waals surface area contributed by atoms with Crippen molar-refractivity contribution in [3.8, 4) is 11.1 Å². The molecule has 9 nitrogen and oxygen atoms in total. The number of benzene rings is 2. The van der Waals surface area contributed by atoms with Crippen LogP contribution >= 0.6 is 0 Å². The maximum Gasteiger partial charge on any atom is 0.407 e. The lowest BCUT2D eigenvalue weighted by atomic mass is 9.98. The normalized spacial score (nSPS) is 14.2. The average Bonchev–Trinajstić information content (AvgIpc) is 3.08. The van der Waals surface area contributed by atoms with Crippen molar-refractivity contribution in [1.82, 2.24) is 15.5 Å². The minimum Gasteiger partial charge on any atom is -0.480 e. The second-order valence-electron chi connectivity index (χ2n) is 7.87. The lowest BCUT2D eigenvalue weighted by molar-refractivity contribution is -0.143. The van der Waals surface area contributed by atoms with Gasteiger partial charge in [-0.05, 0) is 36.3 Å². The maximum atomic E-state index is 12.5. The highest BCUT2D eigenvalue weighted by Crippen LogP contribution is 2.44. The first-order valence-corrected chi connectivity index (χ1v) is 10.2. The van der Waals surface area contributed by atoms with Gasteiger partial charge in [-0.3, -0.25) is 4.79 Å². The van der Waals surface area contributed by atoms with Crippen molar-refractivity contribution in [1.29, 1.82) is 0 Å². The number of carboxylic acids is 1. The molecule has 0 aliphatic heterocycles. The molecule has 1 aliphatic carbocycles. The summed E-state index contributed by atoms with van der Waals surface area (Å²) in [6, 6.07) is 13.4. The van der Waals surface area contributed by atoms with Crippen molar-refractivity contribution in [3.63, 3.8) is 0 Å². The second kappa shape index (κ2) is 10.3. The second-order valence-corrected chi connectivity index (χ2v) is 7.87. The van der Waals surface area contributed by atoms with Gasteiger partial charge in [-0.1, -0.05) is 48.5 Å². The fourth-order valence-electron chi connectivity index (χ4n) is 3.80. The van der Waals surface area contributed by atoms with Crippen LogP contribution in [0.25, 0.3) is 11.1 Å². The van der Waals surface area contributed by atoms with Crippen LogP contribution in [0.3, 0.4) is 0 Å². The molecule has 32 heavy (non-hydrogen) atoms. The first kappa shape index (κ1) is 23.2. The van der Waals surface area contributed by atoms with E-state index in [1.54, 1.807) is 19.0 Å². The van der Waals surface area contributed by atoms with Crippen molar-refractivity contribution in [3.05, 3.63) is 59.7 Å². The predicted octanol–water partition coefficient (Wildman–Crippen LogP) is 1.02. The van der Waals surface area contributed by atoms with Crippen LogP contribution in [0.2, 0.25) is 0 Å². The largest absolute Gasteiger partial charge is 0.480 e. The van der Waals surface area contributed by atoms with E-state index >= 15 is 0 Å². The summed E-state index contributed by atoms with van der Waals surface area (Å²) >= 11 is 0. The van der Waals surface area contributed by atoms with Gasteiger partial charge in [0.05, 0.1) is 6.61 Å². The van der Waals surface area contributed by atoms with Gasteiger partial charge < -0.3 is 30.5 Å². The SMILES string of the molecule is CN(C)C[C@H](NC(=O)OCC1c2ccccc2-c2ccccc21)C(=O)N[C@@H](CO)C(=O)O. The topological polar surface area (TPSA) is 128 Å². The number of likely N-dealkylation sites (N-methyl/N-ethyl adjacent to an activating group) is 1. The van der Waals surface area contributed by atoms with E-state index in [0.717, 1.165) is 22.3 Å². The van der Waals surface area contributed by atoms with Crippen molar-refractivity contribution >= 4 is 18.0 Å². The van der Waals surface area contributed by atoms with Crippen LogP contribution in [0.5, 0.6) is 0 Å². The Morgan fingerprint density at radius 2 is 1.53 bits per heavy atom. The van der Waals surface area contributed by atoms with E-state index in [1.165, 1.54) is 0 Å². The van der Waals surface area contributed by atoms with Crippen molar-refractivity contribution in [2.24, 2.45) is 0 Å². The third-order valence-electron chi connectivity index (χ3n) is 5.30. The number of alkyl carbamates (subject to hydrolysis) is 1. The summed E-state index contributed by atoms with van der Waals surface area (Å²) in [7, 11) is 3.42. The quantitative estimate of drug-likeness (QED) is 0.457. The summed E-state index contributed by atoms with van der Waals surface area (Å²) in [5.74, 6) is -2.22. The molecule has 1 aliphatic rings. The molecular weight excluding hydrogens is 414 g/mol. The van der Waals surface area contributed by atoms with Crippen LogP contribution in [0.1, 0.15) is 17.0 Å². The number of rotatable bonds is 9. The number of hydrogen-bond donors (Lipinski definition) is 4. The van der Waals surface area contributed by atoms with E-state index in [-0.39, 0.29) is 19.1 Å². The van der Waals surface area contributed by atoms with Gasteiger partial charge in [0.25, 0.3) is 0 Å². The fraction of sp³-hybridized carbons (Fsp3) is 0.348. The summed E-state index contributed by atoms with van der Waals surface area (Å²) in [6.45, 7) is -0.556. The van der Waals surface area contributed by atoms with Gasteiger partial charge in [0, 0.05) is 12.5 Å². The average molecular weight is 441 g/mol. The molecule has 2 aromatic carbocycles. The van der Waals surface area contributed by atoms with Gasteiger partial charge >= 0.3 is 12.1 Å². The van der Waals surface area contributed by atoms with Crippen molar-refractivity contribution in [2.45, 2.75) is 18.0 Å². The van der Waals surface area contributed by atoms with Gasteiger partial charge in [0.1, 0.15) is 18.7 Å². The Hall–Kier alpha value is -3.43. The van der Waals surface area contributed by atoms with Crippen LogP contribution in [0.15, 0.2) is 48.5 Å². The van der Waals surface area contributed by atoms with Crippen molar-refractivity contribution < 1.29 is 29.3 Å². The summed E-state index contributed by atoms with van der Waals surface area (Å²) in [5, 5.41) is 22.9. The number of ether oxygens (including phenoxy) is 1. The van der Waals surface area contributed by atoms with E-state index in [1.807, 2.05) is 48.5 Å². The maximum absolute atomic E-state index is 12.5. The Morgan fingerprint density at radius 3 is 2.03 bits per heavy atom. The molecule has 0 radical (unpaired) electrons. The zero-order valence-corrected chi connectivity index (χ0v) is 17.9. The predicted molar refractivity (Wildman–Crippen MR) is 117 cm³/mol. The molecule has 4 N–H and O–H groups in total. The van der Waals surface area contributed by atoms with Crippen LogP contribution in [-0.2, 0) is 14.3 Å². The van der Waals surface area contributed by atoms with Crippen LogP contribution in [0, 0.1) is 0 Å². The van der Waals surface area contributed by atoms with E-state index in [9.17, 15) is 14.4 Å². The number of aliphatic carboxylic acids is 1. The molecule has 0 heterocycles. The van der Waals surface area contributed by atoms with E-state index in [4.69, 9.17) is 14.9 Å². The third-order valence-corrected chi connectivity index (χ3v) is 5.30. The molecule has 0 saturated heterocycles. The minimum absolute atomic E-state index is 0.0879. The molecule has 0 aromatic heterocycles. The molecule has 0 fully saturated rings. The number of aliphatic hydroxyl groups is 1. The van der Waals surface area contributed by atoms with Crippen LogP contribution in [-0.4, -0.2) is 79.0 Å². The monoisotopic (exact) mass is 441 g/mol. The molecule has 2 amide bonds. The van der Waals surface area contributed by atoms with E-state index in [0.29, 0.717) is 0 Å². The number of carboxylic acid groups (broad SMARTS) is 1. The Labute approximate surface area is 186 Å². The molecule has 9 heteroatoms. The van der Waals surface area contributed by atoms with Crippen molar-refractivity contribution in [2.75, 3.05) is 33.9 Å². The van der Waals surface area contributed by atoms with Gasteiger partial charge in [0.2, 0.25) is 5.91 Å². The van der Waals surface area contributed by atoms with Gasteiger partial charge in [-0.2, -0.15) is 0 Å². The van der Waals surface area contributed by atoms with E-state index in [2.05, 4.69) is 10.6 Å². The number of nitrogens with one attached hydrogen (secondary N) is 2. The summed E-state index contributed by atoms with van der Waals surface area (Å²) < 4.78 is 5.47. The Bertz CT molecular complexity index is 948. The summed E-state index contributed by atoms with van der Waals surface area (Å²) in [5.41, 5.74) is 4.34. The minimum atomic E-state index is -1.46. The smallest absolute Gasteiger partial charge is 0.407 e. The highest BCUT2D eigenvalue weighted by Gasteiger charge is 2.30. The zero-order chi connectivity index (χ0) is 23.3. The fourth-order valence-corrected chi connectivity index (χ4v) is 3.80. The van der Waals surface area contributed by atoms with Gasteiger partial charge in [-0.15, -0.1) is 0 Å². The number of fused-ring (bicyclic) bond motifs is 3. The number of nitrogens with zero attached hydrogens (tertiary/aromatic N) is 1.